The lowest BCUT2D eigenvalue weighted by Gasteiger charge is -2.07. The lowest BCUT2D eigenvalue weighted by molar-refractivity contribution is -0.131. The number of carbonyl (C=O) groups excluding carboxylic acids is 3. The number of thioether (sulfide) groups is 1. The molecule has 0 radical (unpaired) electrons. The maximum atomic E-state index is 11.1. The molecule has 14 heavy (non-hydrogen) atoms. The van der Waals surface area contributed by atoms with Gasteiger partial charge >= 0.3 is 5.91 Å². The van der Waals surface area contributed by atoms with Crippen LogP contribution in [-0.2, 0) is 14.4 Å². The molecule has 76 valence electrons. The Balaban J connectivity index is 2.52. The van der Waals surface area contributed by atoms with Gasteiger partial charge in [-0.25, -0.2) is 0 Å². The molecule has 1 rings (SSSR count). The first-order valence-corrected chi connectivity index (χ1v) is 4.60. The van der Waals surface area contributed by atoms with Crippen molar-refractivity contribution >= 4 is 33.9 Å². The van der Waals surface area contributed by atoms with Gasteiger partial charge in [0.05, 0.1) is 0 Å². The molecule has 0 aromatic heterocycles. The van der Waals surface area contributed by atoms with Crippen LogP contribution in [0.1, 0.15) is 0 Å². The molecule has 7 heteroatoms. The Bertz CT molecular complexity index is 306. The molecule has 1 N–H and O–H groups in total. The van der Waals surface area contributed by atoms with Gasteiger partial charge in [-0.3, -0.25) is 24.7 Å². The number of rotatable bonds is 2. The molecule has 0 spiro atoms. The summed E-state index contributed by atoms with van der Waals surface area (Å²) < 4.78 is 0. The highest BCUT2D eigenvalue weighted by Gasteiger charge is 2.27. The van der Waals surface area contributed by atoms with Gasteiger partial charge in [-0.05, 0) is 11.8 Å². The number of aliphatic imine (C=N–C) groups is 1. The zero-order valence-corrected chi connectivity index (χ0v) is 8.55. The van der Waals surface area contributed by atoms with Gasteiger partial charge in [0.2, 0.25) is 5.91 Å². The largest absolute Gasteiger partial charge is 0.347 e. The molecule has 0 aromatic carbocycles. The topological polar surface area (TPSA) is 78.8 Å². The summed E-state index contributed by atoms with van der Waals surface area (Å²) in [5.74, 6) is -0.877. The van der Waals surface area contributed by atoms with Crippen molar-refractivity contribution in [1.29, 1.82) is 0 Å². The summed E-state index contributed by atoms with van der Waals surface area (Å²) in [6.07, 6.45) is 0. The molecule has 0 atom stereocenters. The van der Waals surface area contributed by atoms with Crippen LogP contribution in [0.4, 0.5) is 0 Å². The van der Waals surface area contributed by atoms with Gasteiger partial charge in [0.25, 0.3) is 5.12 Å². The van der Waals surface area contributed by atoms with Crippen molar-refractivity contribution in [2.24, 2.45) is 4.99 Å². The van der Waals surface area contributed by atoms with E-state index >= 15 is 0 Å². The SMILES string of the molecule is CN(C)C(=O)CN=C1NC(=O)C(=O)S1. The van der Waals surface area contributed by atoms with E-state index in [1.165, 1.54) is 4.90 Å². The van der Waals surface area contributed by atoms with Gasteiger partial charge in [0.15, 0.2) is 5.17 Å². The molecule has 1 heterocycles. The van der Waals surface area contributed by atoms with Gasteiger partial charge in [-0.1, -0.05) is 0 Å². The van der Waals surface area contributed by atoms with Crippen molar-refractivity contribution in [3.63, 3.8) is 0 Å². The number of likely N-dealkylation sites (N-methyl/N-ethyl adjacent to an activating group) is 1. The van der Waals surface area contributed by atoms with Crippen molar-refractivity contribution in [3.8, 4) is 0 Å². The standard InChI is InChI=1S/C7H9N3O3S/c1-10(2)4(11)3-8-7-9-5(12)6(13)14-7/h3H2,1-2H3,(H,8,9,12). The Morgan fingerprint density at radius 3 is 2.57 bits per heavy atom. The Kier molecular flexibility index (Phi) is 3.23. The first-order chi connectivity index (χ1) is 6.50. The summed E-state index contributed by atoms with van der Waals surface area (Å²) >= 11 is 0.707. The first-order valence-electron chi connectivity index (χ1n) is 3.78. The molecule has 0 unspecified atom stereocenters. The second-order valence-corrected chi connectivity index (χ2v) is 3.71. The van der Waals surface area contributed by atoms with Crippen molar-refractivity contribution < 1.29 is 14.4 Å². The minimum Gasteiger partial charge on any atom is -0.347 e. The molecule has 0 aliphatic carbocycles. The summed E-state index contributed by atoms with van der Waals surface area (Å²) in [7, 11) is 3.21. The van der Waals surface area contributed by atoms with Crippen molar-refractivity contribution in [2.45, 2.75) is 0 Å². The molecule has 1 fully saturated rings. The van der Waals surface area contributed by atoms with Crippen LogP contribution in [0.15, 0.2) is 4.99 Å². The smallest absolute Gasteiger partial charge is 0.305 e. The number of hydrogen-bond donors (Lipinski definition) is 1. The zero-order chi connectivity index (χ0) is 10.7. The molecular weight excluding hydrogens is 206 g/mol. The Labute approximate surface area is 84.7 Å². The third-order valence-electron chi connectivity index (χ3n) is 1.45. The van der Waals surface area contributed by atoms with Gasteiger partial charge < -0.3 is 4.90 Å². The van der Waals surface area contributed by atoms with E-state index < -0.39 is 11.0 Å². The summed E-state index contributed by atoms with van der Waals surface area (Å²) in [6, 6.07) is 0. The highest BCUT2D eigenvalue weighted by Crippen LogP contribution is 2.10. The number of amidine groups is 1. The molecule has 2 amide bonds. The van der Waals surface area contributed by atoms with Gasteiger partial charge in [-0.15, -0.1) is 0 Å². The Morgan fingerprint density at radius 2 is 2.14 bits per heavy atom. The maximum absolute atomic E-state index is 11.1. The fourth-order valence-corrected chi connectivity index (χ4v) is 1.25. The molecule has 0 saturated carbocycles. The van der Waals surface area contributed by atoms with E-state index in [1.807, 2.05) is 0 Å². The Morgan fingerprint density at radius 1 is 1.50 bits per heavy atom. The van der Waals surface area contributed by atoms with Crippen LogP contribution in [0, 0.1) is 0 Å². The average molecular weight is 215 g/mol. The predicted molar refractivity (Wildman–Crippen MR) is 51.7 cm³/mol. The normalized spacial score (nSPS) is 18.6. The molecule has 1 aliphatic rings. The third-order valence-corrected chi connectivity index (χ3v) is 2.25. The van der Waals surface area contributed by atoms with E-state index in [2.05, 4.69) is 10.3 Å². The number of amides is 2. The third kappa shape index (κ3) is 2.56. The lowest BCUT2D eigenvalue weighted by Crippen LogP contribution is -2.26. The van der Waals surface area contributed by atoms with Crippen LogP contribution in [-0.4, -0.2) is 47.6 Å². The first kappa shape index (κ1) is 10.7. The second kappa shape index (κ2) is 4.23. The average Bonchev–Trinajstić information content (AvgIpc) is 2.42. The molecular formula is C7H9N3O3S. The van der Waals surface area contributed by atoms with E-state index in [4.69, 9.17) is 0 Å². The minimum atomic E-state index is -0.689. The van der Waals surface area contributed by atoms with Crippen molar-refractivity contribution in [3.05, 3.63) is 0 Å². The fourth-order valence-electron chi connectivity index (χ4n) is 0.660. The summed E-state index contributed by atoms with van der Waals surface area (Å²) in [5, 5.41) is 1.85. The molecule has 1 aliphatic heterocycles. The quantitative estimate of drug-likeness (QED) is 0.588. The van der Waals surface area contributed by atoms with E-state index in [1.54, 1.807) is 14.1 Å². The van der Waals surface area contributed by atoms with Crippen LogP contribution in [0.5, 0.6) is 0 Å². The molecule has 0 bridgehead atoms. The summed E-state index contributed by atoms with van der Waals surface area (Å²) in [6.45, 7) is -0.0666. The Hall–Kier alpha value is -1.37. The monoisotopic (exact) mass is 215 g/mol. The van der Waals surface area contributed by atoms with E-state index in [9.17, 15) is 14.4 Å². The number of carbonyl (C=O) groups is 3. The number of hydrogen-bond acceptors (Lipinski definition) is 5. The minimum absolute atomic E-state index is 0.0666. The number of nitrogens with zero attached hydrogens (tertiary/aromatic N) is 2. The van der Waals surface area contributed by atoms with Crippen LogP contribution < -0.4 is 5.32 Å². The zero-order valence-electron chi connectivity index (χ0n) is 7.73. The molecule has 0 aromatic rings. The van der Waals surface area contributed by atoms with Crippen molar-refractivity contribution in [2.75, 3.05) is 20.6 Å². The van der Waals surface area contributed by atoms with Gasteiger partial charge in [0, 0.05) is 14.1 Å². The second-order valence-electron chi connectivity index (χ2n) is 2.75. The summed E-state index contributed by atoms with van der Waals surface area (Å²) in [4.78, 5) is 37.7. The number of nitrogens with one attached hydrogen (secondary N) is 1. The molecule has 6 nitrogen and oxygen atoms in total. The van der Waals surface area contributed by atoms with Crippen LogP contribution in [0.2, 0.25) is 0 Å². The highest BCUT2D eigenvalue weighted by atomic mass is 32.2. The molecule has 1 saturated heterocycles. The van der Waals surface area contributed by atoms with E-state index in [0.717, 1.165) is 0 Å². The fraction of sp³-hybridized carbons (Fsp3) is 0.429. The van der Waals surface area contributed by atoms with Crippen molar-refractivity contribution in [1.82, 2.24) is 10.2 Å². The maximum Gasteiger partial charge on any atom is 0.305 e. The van der Waals surface area contributed by atoms with Gasteiger partial charge in [-0.2, -0.15) is 0 Å². The predicted octanol–water partition coefficient (Wildman–Crippen LogP) is -1.18. The van der Waals surface area contributed by atoms with Crippen LogP contribution in [0.3, 0.4) is 0 Å². The highest BCUT2D eigenvalue weighted by molar-refractivity contribution is 8.28. The van der Waals surface area contributed by atoms with Crippen LogP contribution in [0.25, 0.3) is 0 Å². The lowest BCUT2D eigenvalue weighted by atomic mass is 10.5. The van der Waals surface area contributed by atoms with Crippen LogP contribution >= 0.6 is 11.8 Å². The van der Waals surface area contributed by atoms with E-state index in [0.29, 0.717) is 11.8 Å². The van der Waals surface area contributed by atoms with Gasteiger partial charge in [0.1, 0.15) is 6.54 Å². The summed E-state index contributed by atoms with van der Waals surface area (Å²) in [5.41, 5.74) is 0. The van der Waals surface area contributed by atoms with E-state index in [-0.39, 0.29) is 17.6 Å².